The highest BCUT2D eigenvalue weighted by atomic mass is 32.2. The molecule has 2 amide bonds. The van der Waals surface area contributed by atoms with Crippen LogP contribution in [0.4, 0.5) is 4.79 Å². The summed E-state index contributed by atoms with van der Waals surface area (Å²) in [6, 6.07) is -0.652. The van der Waals surface area contributed by atoms with Crippen molar-refractivity contribution < 1.29 is 29.3 Å². The molecule has 0 radical (unpaired) electrons. The summed E-state index contributed by atoms with van der Waals surface area (Å²) >= 11 is 2.93. The minimum Gasteiger partial charge on any atom is -0.477 e. The number of hydrogen-bond donors (Lipinski definition) is 2. The molecule has 0 unspecified atom stereocenters. The van der Waals surface area contributed by atoms with Gasteiger partial charge in [-0.25, -0.2) is 14.6 Å². The quantitative estimate of drug-likeness (QED) is 0.309. The van der Waals surface area contributed by atoms with Crippen LogP contribution in [0.3, 0.4) is 0 Å². The fraction of sp³-hybridized carbons (Fsp3) is 0.538. The van der Waals surface area contributed by atoms with Gasteiger partial charge in [0.1, 0.15) is 12.3 Å². The number of likely N-dealkylation sites (tertiary alicyclic amines) is 1. The SMILES string of the molecule is C=CCOC(=O)N1C[C@@H](SC2=C(C(=O)O)N3C(=O)[C@H]([C@@H](C)O)[C@H]3[C@@]2(C)SCC=C)C[C@H]1Cc1cncn1C. The first kappa shape index (κ1) is 28.3. The van der Waals surface area contributed by atoms with E-state index in [-0.39, 0.29) is 29.5 Å². The molecule has 0 saturated carbocycles. The zero-order valence-corrected chi connectivity index (χ0v) is 23.4. The third kappa shape index (κ3) is 4.89. The van der Waals surface area contributed by atoms with Crippen molar-refractivity contribution in [3.05, 3.63) is 54.1 Å². The zero-order chi connectivity index (χ0) is 27.8. The van der Waals surface area contributed by atoms with Crippen molar-refractivity contribution >= 4 is 41.5 Å². The average Bonchev–Trinajstić information content (AvgIpc) is 3.51. The monoisotopic (exact) mass is 562 g/mol. The highest BCUT2D eigenvalue weighted by Crippen LogP contribution is 2.59. The lowest BCUT2D eigenvalue weighted by molar-refractivity contribution is -0.162. The lowest BCUT2D eigenvalue weighted by atomic mass is 9.78. The number of ether oxygens (including phenoxy) is 1. The molecule has 3 aliphatic rings. The summed E-state index contributed by atoms with van der Waals surface area (Å²) in [7, 11) is 1.90. The molecule has 206 valence electrons. The van der Waals surface area contributed by atoms with Crippen molar-refractivity contribution in [2.75, 3.05) is 18.9 Å². The fourth-order valence-corrected chi connectivity index (χ4v) is 8.61. The standard InChI is InChI=1S/C26H34N4O6S2/c1-6-8-36-25(35)29-13-18(11-16(29)10-17-12-27-14-28(17)5)38-22-20(24(33)34)30-21(19(15(3)31)23(30)32)26(22,4)37-9-7-2/h6-7,12,14-16,18-19,21,31H,1-2,8-11,13H2,3-5H3,(H,33,34)/t15-,16-,18+,19-,21+,26-/m1/s1. The number of rotatable bonds is 11. The number of thioether (sulfide) groups is 2. The number of imidazole rings is 1. The second kappa shape index (κ2) is 11.2. The number of nitrogens with zero attached hydrogens (tertiary/aromatic N) is 4. The molecule has 0 bridgehead atoms. The molecule has 10 nitrogen and oxygen atoms in total. The molecular formula is C26H34N4O6S2. The summed E-state index contributed by atoms with van der Waals surface area (Å²) in [5.74, 6) is -1.69. The summed E-state index contributed by atoms with van der Waals surface area (Å²) in [5, 5.41) is 20.4. The van der Waals surface area contributed by atoms with Gasteiger partial charge < -0.3 is 24.4 Å². The highest BCUT2D eigenvalue weighted by Gasteiger charge is 2.66. The first-order valence-electron chi connectivity index (χ1n) is 12.4. The van der Waals surface area contributed by atoms with Crippen LogP contribution in [-0.4, -0.2) is 94.6 Å². The second-order valence-electron chi connectivity index (χ2n) is 9.96. The third-order valence-corrected chi connectivity index (χ3v) is 10.5. The number of aromatic nitrogens is 2. The predicted octanol–water partition coefficient (Wildman–Crippen LogP) is 2.66. The van der Waals surface area contributed by atoms with E-state index in [2.05, 4.69) is 18.1 Å². The maximum Gasteiger partial charge on any atom is 0.410 e. The Labute approximate surface area is 230 Å². The number of aliphatic hydroxyl groups excluding tert-OH is 1. The number of carbonyl (C=O) groups excluding carboxylic acids is 2. The fourth-order valence-electron chi connectivity index (χ4n) is 5.63. The molecule has 0 aliphatic carbocycles. The van der Waals surface area contributed by atoms with Crippen molar-refractivity contribution in [1.82, 2.24) is 19.4 Å². The van der Waals surface area contributed by atoms with E-state index in [4.69, 9.17) is 4.74 Å². The van der Waals surface area contributed by atoms with Crippen molar-refractivity contribution in [1.29, 1.82) is 0 Å². The Bertz CT molecular complexity index is 1170. The van der Waals surface area contributed by atoms with Crippen molar-refractivity contribution in [2.24, 2.45) is 13.0 Å². The molecule has 2 saturated heterocycles. The van der Waals surface area contributed by atoms with E-state index in [1.165, 1.54) is 34.5 Å². The summed E-state index contributed by atoms with van der Waals surface area (Å²) in [6.45, 7) is 11.4. The number of aliphatic hydroxyl groups is 1. The van der Waals surface area contributed by atoms with Crippen LogP contribution < -0.4 is 0 Å². The molecule has 6 atom stereocenters. The van der Waals surface area contributed by atoms with Gasteiger partial charge in [-0.15, -0.1) is 30.1 Å². The Kier molecular flexibility index (Phi) is 8.34. The predicted molar refractivity (Wildman–Crippen MR) is 146 cm³/mol. The summed E-state index contributed by atoms with van der Waals surface area (Å²) < 4.78 is 6.52. The van der Waals surface area contributed by atoms with E-state index in [1.54, 1.807) is 30.4 Å². The van der Waals surface area contributed by atoms with Crippen LogP contribution in [0.25, 0.3) is 0 Å². The number of amides is 2. The van der Waals surface area contributed by atoms with E-state index in [9.17, 15) is 24.6 Å². The van der Waals surface area contributed by atoms with E-state index in [1.807, 2.05) is 18.5 Å². The third-order valence-electron chi connectivity index (χ3n) is 7.42. The number of fused-ring (bicyclic) bond motifs is 1. The minimum absolute atomic E-state index is 0.0307. The van der Waals surface area contributed by atoms with Crippen molar-refractivity contribution in [2.45, 2.75) is 54.9 Å². The van der Waals surface area contributed by atoms with E-state index >= 15 is 0 Å². The maximum atomic E-state index is 13.0. The van der Waals surface area contributed by atoms with Crippen molar-refractivity contribution in [3.63, 3.8) is 0 Å². The number of aryl methyl sites for hydroxylation is 1. The maximum absolute atomic E-state index is 13.0. The molecule has 1 aromatic heterocycles. The van der Waals surface area contributed by atoms with Crippen LogP contribution in [-0.2, 0) is 27.8 Å². The van der Waals surface area contributed by atoms with E-state index < -0.39 is 34.9 Å². The van der Waals surface area contributed by atoms with Crippen LogP contribution in [0.2, 0.25) is 0 Å². The Morgan fingerprint density at radius 3 is 2.68 bits per heavy atom. The first-order chi connectivity index (χ1) is 18.0. The van der Waals surface area contributed by atoms with Gasteiger partial charge in [-0.05, 0) is 20.3 Å². The number of carboxylic acids is 1. The van der Waals surface area contributed by atoms with Crippen LogP contribution in [0.15, 0.2) is 48.4 Å². The number of aliphatic carboxylic acids is 1. The number of β-lactam (4-membered cyclic amide) rings is 1. The molecule has 2 fully saturated rings. The van der Waals surface area contributed by atoms with Gasteiger partial charge in [-0.3, -0.25) is 9.69 Å². The molecule has 4 rings (SSSR count). The van der Waals surface area contributed by atoms with Gasteiger partial charge in [0.25, 0.3) is 0 Å². The smallest absolute Gasteiger partial charge is 0.410 e. The largest absolute Gasteiger partial charge is 0.477 e. The van der Waals surface area contributed by atoms with E-state index in [0.29, 0.717) is 30.0 Å². The number of hydrogen-bond acceptors (Lipinski definition) is 8. The van der Waals surface area contributed by atoms with E-state index in [0.717, 1.165) is 5.69 Å². The summed E-state index contributed by atoms with van der Waals surface area (Å²) in [4.78, 5) is 46.2. The topological polar surface area (TPSA) is 125 Å². The molecule has 1 aromatic rings. The van der Waals surface area contributed by atoms with Crippen LogP contribution in [0.5, 0.6) is 0 Å². The Hall–Kier alpha value is -2.70. The highest BCUT2D eigenvalue weighted by molar-refractivity contribution is 8.07. The van der Waals surface area contributed by atoms with Crippen LogP contribution >= 0.6 is 23.5 Å². The Morgan fingerprint density at radius 1 is 1.37 bits per heavy atom. The van der Waals surface area contributed by atoms with Gasteiger partial charge in [-0.1, -0.05) is 18.7 Å². The lowest BCUT2D eigenvalue weighted by Gasteiger charge is -2.50. The molecule has 12 heteroatoms. The summed E-state index contributed by atoms with van der Waals surface area (Å²) in [6.07, 6.45) is 6.56. The van der Waals surface area contributed by atoms with Gasteiger partial charge in [0.2, 0.25) is 5.91 Å². The van der Waals surface area contributed by atoms with Gasteiger partial charge >= 0.3 is 12.1 Å². The molecule has 38 heavy (non-hydrogen) atoms. The molecule has 3 aliphatic heterocycles. The summed E-state index contributed by atoms with van der Waals surface area (Å²) in [5.41, 5.74) is 0.936. The van der Waals surface area contributed by atoms with Gasteiger partial charge in [-0.2, -0.15) is 0 Å². The van der Waals surface area contributed by atoms with Crippen molar-refractivity contribution in [3.8, 4) is 0 Å². The van der Waals surface area contributed by atoms with Gasteiger partial charge in [0.15, 0.2) is 0 Å². The molecule has 0 spiro atoms. The normalized spacial score (nSPS) is 29.2. The minimum atomic E-state index is -1.18. The van der Waals surface area contributed by atoms with Gasteiger partial charge in [0.05, 0.1) is 29.1 Å². The molecular weight excluding hydrogens is 528 g/mol. The van der Waals surface area contributed by atoms with Crippen LogP contribution in [0.1, 0.15) is 26.0 Å². The van der Waals surface area contributed by atoms with Crippen LogP contribution in [0, 0.1) is 5.92 Å². The first-order valence-corrected chi connectivity index (χ1v) is 14.3. The van der Waals surface area contributed by atoms with Gasteiger partial charge in [0, 0.05) is 53.9 Å². The Morgan fingerprint density at radius 2 is 2.11 bits per heavy atom. The average molecular weight is 563 g/mol. The lowest BCUT2D eigenvalue weighted by Crippen LogP contribution is -2.67. The molecule has 0 aromatic carbocycles. The number of carboxylic acid groups (broad SMARTS) is 1. The molecule has 4 heterocycles. The molecule has 2 N–H and O–H groups in total. The Balaban J connectivity index is 1.66. The second-order valence-corrected chi connectivity index (χ2v) is 12.7. The zero-order valence-electron chi connectivity index (χ0n) is 21.8. The number of carbonyl (C=O) groups is 3.